The Balaban J connectivity index is 2.47. The number of benzene rings is 1. The fourth-order valence-corrected chi connectivity index (χ4v) is 2.53. The average molecular weight is 270 g/mol. The number of hydrogen-bond donors (Lipinski definition) is 1. The van der Waals surface area contributed by atoms with Gasteiger partial charge in [-0.05, 0) is 31.1 Å². The van der Waals surface area contributed by atoms with E-state index in [4.69, 9.17) is 5.73 Å². The lowest BCUT2D eigenvalue weighted by Crippen LogP contribution is -2.22. The standard InChI is InChI=1S/C13H22N2O2S/c1-15(8-5-9-18(2,16)17)11-13-7-4-3-6-12(13)10-14/h3-4,6-7H,5,8-11,14H2,1-2H3. The van der Waals surface area contributed by atoms with Crippen LogP contribution in [0.4, 0.5) is 0 Å². The Hall–Kier alpha value is -0.910. The summed E-state index contributed by atoms with van der Waals surface area (Å²) in [6.07, 6.45) is 1.94. The van der Waals surface area contributed by atoms with Crippen LogP contribution in [-0.4, -0.2) is 38.9 Å². The molecule has 5 heteroatoms. The van der Waals surface area contributed by atoms with Crippen molar-refractivity contribution in [3.8, 4) is 0 Å². The van der Waals surface area contributed by atoms with Gasteiger partial charge in [0.1, 0.15) is 9.84 Å². The SMILES string of the molecule is CN(CCCS(C)(=O)=O)Cc1ccccc1CN. The molecule has 0 unspecified atom stereocenters. The van der Waals surface area contributed by atoms with Crippen LogP contribution < -0.4 is 5.73 Å². The molecule has 0 fully saturated rings. The van der Waals surface area contributed by atoms with Crippen molar-refractivity contribution < 1.29 is 8.42 Å². The third-order valence-corrected chi connectivity index (χ3v) is 3.86. The zero-order valence-corrected chi connectivity index (χ0v) is 11.9. The van der Waals surface area contributed by atoms with Crippen molar-refractivity contribution in [1.82, 2.24) is 4.90 Å². The minimum atomic E-state index is -2.85. The lowest BCUT2D eigenvalue weighted by Gasteiger charge is -2.18. The first kappa shape index (κ1) is 15.1. The molecule has 1 aromatic carbocycles. The monoisotopic (exact) mass is 270 g/mol. The lowest BCUT2D eigenvalue weighted by molar-refractivity contribution is 0.327. The second kappa shape index (κ2) is 6.87. The van der Waals surface area contributed by atoms with E-state index < -0.39 is 9.84 Å². The van der Waals surface area contributed by atoms with E-state index in [-0.39, 0.29) is 5.75 Å². The summed E-state index contributed by atoms with van der Waals surface area (Å²) in [5.74, 6) is 0.246. The highest BCUT2D eigenvalue weighted by Crippen LogP contribution is 2.10. The van der Waals surface area contributed by atoms with Crippen LogP contribution in [-0.2, 0) is 22.9 Å². The molecule has 0 atom stereocenters. The molecule has 0 aliphatic rings. The summed E-state index contributed by atoms with van der Waals surface area (Å²) in [6, 6.07) is 8.07. The molecule has 18 heavy (non-hydrogen) atoms. The van der Waals surface area contributed by atoms with Crippen molar-refractivity contribution in [3.05, 3.63) is 35.4 Å². The largest absolute Gasteiger partial charge is 0.326 e. The van der Waals surface area contributed by atoms with Gasteiger partial charge in [0, 0.05) is 19.3 Å². The minimum absolute atomic E-state index is 0.246. The van der Waals surface area contributed by atoms with Crippen molar-refractivity contribution >= 4 is 9.84 Å². The highest BCUT2D eigenvalue weighted by molar-refractivity contribution is 7.90. The van der Waals surface area contributed by atoms with Crippen molar-refractivity contribution in [1.29, 1.82) is 0 Å². The Morgan fingerprint density at radius 1 is 1.22 bits per heavy atom. The van der Waals surface area contributed by atoms with E-state index in [0.717, 1.165) is 18.7 Å². The molecule has 2 N–H and O–H groups in total. The lowest BCUT2D eigenvalue weighted by atomic mass is 10.1. The quantitative estimate of drug-likeness (QED) is 0.803. The third kappa shape index (κ3) is 5.62. The van der Waals surface area contributed by atoms with Gasteiger partial charge in [-0.3, -0.25) is 0 Å². The van der Waals surface area contributed by atoms with Crippen molar-refractivity contribution in [3.63, 3.8) is 0 Å². The second-order valence-corrected chi connectivity index (χ2v) is 6.95. The fourth-order valence-electron chi connectivity index (χ4n) is 1.88. The summed E-state index contributed by atoms with van der Waals surface area (Å²) in [7, 11) is -0.857. The molecule has 1 rings (SSSR count). The topological polar surface area (TPSA) is 63.4 Å². The van der Waals surface area contributed by atoms with E-state index >= 15 is 0 Å². The predicted molar refractivity (Wildman–Crippen MR) is 75.0 cm³/mol. The van der Waals surface area contributed by atoms with Crippen LogP contribution in [0.15, 0.2) is 24.3 Å². The van der Waals surface area contributed by atoms with E-state index in [1.807, 2.05) is 25.2 Å². The van der Waals surface area contributed by atoms with E-state index in [9.17, 15) is 8.42 Å². The Bertz CT molecular complexity index is 472. The van der Waals surface area contributed by atoms with Gasteiger partial charge >= 0.3 is 0 Å². The van der Waals surface area contributed by atoms with Gasteiger partial charge in [-0.25, -0.2) is 8.42 Å². The van der Waals surface area contributed by atoms with Gasteiger partial charge in [-0.15, -0.1) is 0 Å². The molecular weight excluding hydrogens is 248 g/mol. The first-order valence-corrected chi connectivity index (χ1v) is 8.11. The van der Waals surface area contributed by atoms with Gasteiger partial charge in [-0.1, -0.05) is 24.3 Å². The first-order chi connectivity index (χ1) is 8.42. The van der Waals surface area contributed by atoms with Crippen LogP contribution in [0, 0.1) is 0 Å². The summed E-state index contributed by atoms with van der Waals surface area (Å²) < 4.78 is 22.1. The molecule has 0 bridgehead atoms. The molecule has 0 aliphatic carbocycles. The normalized spacial score (nSPS) is 12.0. The zero-order valence-electron chi connectivity index (χ0n) is 11.1. The Morgan fingerprint density at radius 3 is 2.39 bits per heavy atom. The van der Waals surface area contributed by atoms with Gasteiger partial charge < -0.3 is 10.6 Å². The third-order valence-electron chi connectivity index (χ3n) is 2.83. The summed E-state index contributed by atoms with van der Waals surface area (Å²) >= 11 is 0. The average Bonchev–Trinajstić information content (AvgIpc) is 2.28. The minimum Gasteiger partial charge on any atom is -0.326 e. The van der Waals surface area contributed by atoms with Crippen molar-refractivity contribution in [2.24, 2.45) is 5.73 Å². The molecule has 4 nitrogen and oxygen atoms in total. The molecule has 0 saturated carbocycles. The molecule has 102 valence electrons. The van der Waals surface area contributed by atoms with Crippen molar-refractivity contribution in [2.75, 3.05) is 25.6 Å². The molecule has 1 aromatic rings. The van der Waals surface area contributed by atoms with Gasteiger partial charge in [0.2, 0.25) is 0 Å². The first-order valence-electron chi connectivity index (χ1n) is 6.05. The Labute approximate surface area is 110 Å². The Morgan fingerprint density at radius 2 is 1.83 bits per heavy atom. The number of rotatable bonds is 7. The summed E-state index contributed by atoms with van der Waals surface area (Å²) in [5, 5.41) is 0. The molecule has 0 aromatic heterocycles. The van der Waals surface area contributed by atoms with Crippen LogP contribution in [0.2, 0.25) is 0 Å². The molecule has 0 spiro atoms. The molecule has 0 aliphatic heterocycles. The summed E-state index contributed by atoms with van der Waals surface area (Å²) in [6.45, 7) is 2.11. The van der Waals surface area contributed by atoms with Gasteiger partial charge in [0.15, 0.2) is 0 Å². The fraction of sp³-hybridized carbons (Fsp3) is 0.538. The highest BCUT2D eigenvalue weighted by atomic mass is 32.2. The second-order valence-electron chi connectivity index (χ2n) is 4.69. The smallest absolute Gasteiger partial charge is 0.147 e. The zero-order chi connectivity index (χ0) is 13.6. The van der Waals surface area contributed by atoms with E-state index in [0.29, 0.717) is 13.0 Å². The number of sulfone groups is 1. The van der Waals surface area contributed by atoms with Gasteiger partial charge in [0.05, 0.1) is 5.75 Å². The number of nitrogens with zero attached hydrogens (tertiary/aromatic N) is 1. The maximum Gasteiger partial charge on any atom is 0.147 e. The molecule has 0 heterocycles. The maximum absolute atomic E-state index is 11.0. The predicted octanol–water partition coefficient (Wildman–Crippen LogP) is 1.01. The van der Waals surface area contributed by atoms with Crippen molar-refractivity contribution in [2.45, 2.75) is 19.5 Å². The van der Waals surface area contributed by atoms with Gasteiger partial charge in [0.25, 0.3) is 0 Å². The molecule has 0 amide bonds. The maximum atomic E-state index is 11.0. The van der Waals surface area contributed by atoms with E-state index in [1.54, 1.807) is 0 Å². The highest BCUT2D eigenvalue weighted by Gasteiger charge is 2.06. The summed E-state index contributed by atoms with van der Waals surface area (Å²) in [4.78, 5) is 2.12. The van der Waals surface area contributed by atoms with Gasteiger partial charge in [-0.2, -0.15) is 0 Å². The van der Waals surface area contributed by atoms with Crippen LogP contribution in [0.1, 0.15) is 17.5 Å². The molecule has 0 saturated heterocycles. The van der Waals surface area contributed by atoms with Crippen LogP contribution in [0.25, 0.3) is 0 Å². The van der Waals surface area contributed by atoms with Crippen LogP contribution in [0.3, 0.4) is 0 Å². The van der Waals surface area contributed by atoms with E-state index in [1.165, 1.54) is 11.8 Å². The number of nitrogens with two attached hydrogens (primary N) is 1. The van der Waals surface area contributed by atoms with Crippen LogP contribution >= 0.6 is 0 Å². The van der Waals surface area contributed by atoms with E-state index in [2.05, 4.69) is 11.0 Å². The molecular formula is C13H22N2O2S. The number of hydrogen-bond acceptors (Lipinski definition) is 4. The molecule has 0 radical (unpaired) electrons. The summed E-state index contributed by atoms with van der Waals surface area (Å²) in [5.41, 5.74) is 8.04. The van der Waals surface area contributed by atoms with Crippen LogP contribution in [0.5, 0.6) is 0 Å². The Kier molecular flexibility index (Phi) is 5.78.